The number of anilines is 1. The fraction of sp³-hybridized carbons (Fsp3) is 0.286. The first-order valence-corrected chi connectivity index (χ1v) is 8.50. The van der Waals surface area contributed by atoms with E-state index in [1.165, 1.54) is 0 Å². The van der Waals surface area contributed by atoms with E-state index in [0.29, 0.717) is 0 Å². The number of hydrogen-bond donors (Lipinski definition) is 0. The van der Waals surface area contributed by atoms with Crippen LogP contribution in [-0.4, -0.2) is 5.91 Å². The Morgan fingerprint density at radius 2 is 1.67 bits per heavy atom. The summed E-state index contributed by atoms with van der Waals surface area (Å²) in [7, 11) is 0. The first-order chi connectivity index (χ1) is 11.7. The molecule has 3 nitrogen and oxygen atoms in total. The summed E-state index contributed by atoms with van der Waals surface area (Å²) in [5.41, 5.74) is 5.01. The van der Waals surface area contributed by atoms with Crippen molar-refractivity contribution >= 4 is 11.6 Å². The summed E-state index contributed by atoms with van der Waals surface area (Å²) >= 11 is 0. The van der Waals surface area contributed by atoms with Gasteiger partial charge < -0.3 is 4.74 Å². The van der Waals surface area contributed by atoms with Crippen LogP contribution in [0.5, 0.6) is 0 Å². The fourth-order valence-corrected chi connectivity index (χ4v) is 3.75. The minimum absolute atomic E-state index is 0.0972. The Hall–Kier alpha value is -2.55. The van der Waals surface area contributed by atoms with Crippen LogP contribution in [0.1, 0.15) is 42.2 Å². The van der Waals surface area contributed by atoms with Gasteiger partial charge in [0.15, 0.2) is 0 Å². The van der Waals surface area contributed by atoms with E-state index in [1.807, 2.05) is 41.3 Å². The van der Waals surface area contributed by atoms with Crippen LogP contribution < -0.4 is 4.90 Å². The Morgan fingerprint density at radius 1 is 0.958 bits per heavy atom. The standard InChI is InChI=1S/C21H21NO2/c1-14-8-6-9-15(2)19(14)22-20(23)17-12-7-13-18(17)24-21(22)16-10-4-3-5-11-16/h3-6,8-11,21H,7,12-13H2,1-2H3. The van der Waals surface area contributed by atoms with E-state index in [0.717, 1.165) is 53.0 Å². The first-order valence-electron chi connectivity index (χ1n) is 8.50. The Labute approximate surface area is 142 Å². The number of nitrogens with zero attached hydrogens (tertiary/aromatic N) is 1. The summed E-state index contributed by atoms with van der Waals surface area (Å²) in [5.74, 6) is 0.983. The second-order valence-electron chi connectivity index (χ2n) is 6.55. The molecule has 0 radical (unpaired) electrons. The molecule has 0 saturated carbocycles. The molecule has 2 aliphatic rings. The van der Waals surface area contributed by atoms with E-state index in [9.17, 15) is 4.79 Å². The molecule has 4 rings (SSSR count). The molecule has 1 aliphatic carbocycles. The van der Waals surface area contributed by atoms with Gasteiger partial charge in [0.2, 0.25) is 6.23 Å². The average Bonchev–Trinajstić information content (AvgIpc) is 3.06. The van der Waals surface area contributed by atoms with Gasteiger partial charge in [-0.1, -0.05) is 48.5 Å². The highest BCUT2D eigenvalue weighted by Crippen LogP contribution is 2.43. The molecule has 1 heterocycles. The van der Waals surface area contributed by atoms with Crippen molar-refractivity contribution in [2.24, 2.45) is 0 Å². The van der Waals surface area contributed by atoms with Crippen molar-refractivity contribution in [2.75, 3.05) is 4.90 Å². The van der Waals surface area contributed by atoms with Gasteiger partial charge in [-0.05, 0) is 37.8 Å². The zero-order chi connectivity index (χ0) is 16.7. The van der Waals surface area contributed by atoms with Crippen LogP contribution in [0.2, 0.25) is 0 Å². The van der Waals surface area contributed by atoms with Crippen molar-refractivity contribution < 1.29 is 9.53 Å². The molecule has 2 aromatic rings. The minimum atomic E-state index is -0.393. The van der Waals surface area contributed by atoms with Crippen molar-refractivity contribution in [1.82, 2.24) is 0 Å². The summed E-state index contributed by atoms with van der Waals surface area (Å²) in [6.07, 6.45) is 2.29. The summed E-state index contributed by atoms with van der Waals surface area (Å²) in [5, 5.41) is 0. The molecule has 0 aromatic heterocycles. The quantitative estimate of drug-likeness (QED) is 0.795. The number of ether oxygens (including phenoxy) is 1. The number of rotatable bonds is 2. The highest BCUT2D eigenvalue weighted by molar-refractivity contribution is 6.08. The SMILES string of the molecule is Cc1cccc(C)c1N1C(=O)C2=C(CCC2)OC1c1ccccc1. The van der Waals surface area contributed by atoms with Gasteiger partial charge in [0, 0.05) is 12.0 Å². The predicted molar refractivity (Wildman–Crippen MR) is 94.5 cm³/mol. The van der Waals surface area contributed by atoms with Crippen LogP contribution in [-0.2, 0) is 9.53 Å². The van der Waals surface area contributed by atoms with Crippen molar-refractivity contribution in [2.45, 2.75) is 39.3 Å². The lowest BCUT2D eigenvalue weighted by molar-refractivity contribution is -0.119. The lowest BCUT2D eigenvalue weighted by Crippen LogP contribution is -2.41. The molecular weight excluding hydrogens is 298 g/mol. The maximum atomic E-state index is 13.3. The zero-order valence-corrected chi connectivity index (χ0v) is 14.1. The van der Waals surface area contributed by atoms with Crippen LogP contribution in [0.25, 0.3) is 0 Å². The van der Waals surface area contributed by atoms with Crippen LogP contribution in [0.15, 0.2) is 59.9 Å². The number of para-hydroxylation sites is 1. The molecule has 2 aromatic carbocycles. The molecule has 1 atom stereocenters. The number of carbonyl (C=O) groups is 1. The Morgan fingerprint density at radius 3 is 2.38 bits per heavy atom. The summed E-state index contributed by atoms with van der Waals surface area (Å²) in [6, 6.07) is 16.2. The maximum absolute atomic E-state index is 13.3. The van der Waals surface area contributed by atoms with E-state index < -0.39 is 6.23 Å². The Balaban J connectivity index is 1.89. The molecule has 1 amide bonds. The second-order valence-corrected chi connectivity index (χ2v) is 6.55. The predicted octanol–water partition coefficient (Wildman–Crippen LogP) is 4.80. The molecule has 0 N–H and O–H groups in total. The lowest BCUT2D eigenvalue weighted by atomic mass is 10.0. The van der Waals surface area contributed by atoms with Gasteiger partial charge >= 0.3 is 0 Å². The number of hydrogen-bond acceptors (Lipinski definition) is 2. The molecule has 122 valence electrons. The third-order valence-electron chi connectivity index (χ3n) is 4.90. The van der Waals surface area contributed by atoms with Crippen LogP contribution in [0.3, 0.4) is 0 Å². The summed E-state index contributed by atoms with van der Waals surface area (Å²) in [4.78, 5) is 15.1. The molecule has 3 heteroatoms. The smallest absolute Gasteiger partial charge is 0.260 e. The van der Waals surface area contributed by atoms with Crippen LogP contribution in [0.4, 0.5) is 5.69 Å². The number of allylic oxidation sites excluding steroid dienone is 1. The summed E-state index contributed by atoms with van der Waals surface area (Å²) < 4.78 is 6.33. The third-order valence-corrected chi connectivity index (χ3v) is 4.90. The second kappa shape index (κ2) is 5.82. The minimum Gasteiger partial charge on any atom is -0.470 e. The number of aryl methyl sites for hydroxylation is 2. The zero-order valence-electron chi connectivity index (χ0n) is 14.1. The molecule has 0 spiro atoms. The molecular formula is C21H21NO2. The van der Waals surface area contributed by atoms with E-state index >= 15 is 0 Å². The van der Waals surface area contributed by atoms with Gasteiger partial charge in [-0.15, -0.1) is 0 Å². The van der Waals surface area contributed by atoms with Crippen molar-refractivity contribution in [3.63, 3.8) is 0 Å². The van der Waals surface area contributed by atoms with E-state index in [2.05, 4.69) is 26.0 Å². The summed E-state index contributed by atoms with van der Waals surface area (Å²) in [6.45, 7) is 4.10. The fourth-order valence-electron chi connectivity index (χ4n) is 3.75. The van der Waals surface area contributed by atoms with E-state index in [1.54, 1.807) is 0 Å². The molecule has 24 heavy (non-hydrogen) atoms. The number of benzene rings is 2. The van der Waals surface area contributed by atoms with Gasteiger partial charge in [0.05, 0.1) is 11.3 Å². The third kappa shape index (κ3) is 2.32. The van der Waals surface area contributed by atoms with Crippen molar-refractivity contribution in [3.05, 3.63) is 76.6 Å². The monoisotopic (exact) mass is 319 g/mol. The Bertz CT molecular complexity index is 803. The number of amides is 1. The highest BCUT2D eigenvalue weighted by atomic mass is 16.5. The first kappa shape index (κ1) is 15.0. The lowest BCUT2D eigenvalue weighted by Gasteiger charge is -2.38. The number of carbonyl (C=O) groups excluding carboxylic acids is 1. The average molecular weight is 319 g/mol. The molecule has 1 aliphatic heterocycles. The maximum Gasteiger partial charge on any atom is 0.260 e. The van der Waals surface area contributed by atoms with Gasteiger partial charge in [0.1, 0.15) is 5.76 Å². The van der Waals surface area contributed by atoms with E-state index in [4.69, 9.17) is 4.74 Å². The molecule has 0 fully saturated rings. The molecule has 0 bridgehead atoms. The van der Waals surface area contributed by atoms with Gasteiger partial charge in [-0.2, -0.15) is 0 Å². The van der Waals surface area contributed by atoms with Crippen LogP contribution in [0, 0.1) is 13.8 Å². The highest BCUT2D eigenvalue weighted by Gasteiger charge is 2.40. The Kier molecular flexibility index (Phi) is 3.64. The van der Waals surface area contributed by atoms with Crippen molar-refractivity contribution in [1.29, 1.82) is 0 Å². The van der Waals surface area contributed by atoms with E-state index in [-0.39, 0.29) is 5.91 Å². The van der Waals surface area contributed by atoms with Gasteiger partial charge in [0.25, 0.3) is 5.91 Å². The van der Waals surface area contributed by atoms with Crippen molar-refractivity contribution in [3.8, 4) is 0 Å². The van der Waals surface area contributed by atoms with Gasteiger partial charge in [-0.3, -0.25) is 9.69 Å². The molecule has 0 saturated heterocycles. The normalized spacial score (nSPS) is 20.2. The van der Waals surface area contributed by atoms with Gasteiger partial charge in [-0.25, -0.2) is 0 Å². The van der Waals surface area contributed by atoms with Crippen LogP contribution >= 0.6 is 0 Å². The topological polar surface area (TPSA) is 29.5 Å². The molecule has 1 unspecified atom stereocenters. The largest absolute Gasteiger partial charge is 0.470 e.